The molecule has 0 spiro atoms. The van der Waals surface area contributed by atoms with E-state index >= 15 is 0 Å². The Morgan fingerprint density at radius 3 is 2.50 bits per heavy atom. The van der Waals surface area contributed by atoms with Crippen LogP contribution >= 0.6 is 15.9 Å². The van der Waals surface area contributed by atoms with Crippen LogP contribution in [0.15, 0.2) is 45.8 Å². The lowest BCUT2D eigenvalue weighted by molar-refractivity contribution is 0.987. The Bertz CT molecular complexity index is 573. The van der Waals surface area contributed by atoms with Gasteiger partial charge in [-0.05, 0) is 41.1 Å². The van der Waals surface area contributed by atoms with Crippen LogP contribution in [0.3, 0.4) is 0 Å². The van der Waals surface area contributed by atoms with E-state index in [1.54, 1.807) is 12.3 Å². The Hall–Kier alpha value is -1.55. The molecule has 1 aromatic carbocycles. The Morgan fingerprint density at radius 2 is 1.88 bits per heavy atom. The van der Waals surface area contributed by atoms with Crippen molar-refractivity contribution in [3.05, 3.63) is 56.9 Å². The molecule has 4 heteroatoms. The van der Waals surface area contributed by atoms with E-state index in [1.165, 1.54) is 4.57 Å². The molecule has 0 saturated carbocycles. The van der Waals surface area contributed by atoms with E-state index in [0.29, 0.717) is 0 Å². The predicted octanol–water partition coefficient (Wildman–Crippen LogP) is 2.49. The minimum atomic E-state index is -0.202. The molecule has 2 aromatic rings. The monoisotopic (exact) mass is 278 g/mol. The fourth-order valence-electron chi connectivity index (χ4n) is 1.47. The molecule has 1 heterocycles. The van der Waals surface area contributed by atoms with Crippen LogP contribution in [0.2, 0.25) is 0 Å². The molecular formula is C12H11BrN2O. The highest BCUT2D eigenvalue weighted by Gasteiger charge is 2.04. The van der Waals surface area contributed by atoms with Crippen LogP contribution in [0.4, 0.5) is 5.69 Å². The highest BCUT2D eigenvalue weighted by atomic mass is 79.9. The topological polar surface area (TPSA) is 48.0 Å². The van der Waals surface area contributed by atoms with Gasteiger partial charge in [-0.3, -0.25) is 9.36 Å². The van der Waals surface area contributed by atoms with E-state index in [9.17, 15) is 4.79 Å². The first-order valence-corrected chi connectivity index (χ1v) is 5.62. The molecule has 2 N–H and O–H groups in total. The molecule has 0 amide bonds. The molecule has 0 aliphatic heterocycles. The smallest absolute Gasteiger partial charge is 0.278 e. The summed E-state index contributed by atoms with van der Waals surface area (Å²) in [5.74, 6) is 0. The number of nitrogen functional groups attached to an aromatic ring is 1. The molecule has 0 bridgehead atoms. The largest absolute Gasteiger partial charge is 0.394 e. The lowest BCUT2D eigenvalue weighted by Crippen LogP contribution is -2.20. The Labute approximate surface area is 102 Å². The number of nitrogens with zero attached hydrogens (tertiary/aromatic N) is 1. The molecule has 0 radical (unpaired) electrons. The number of pyridine rings is 1. The van der Waals surface area contributed by atoms with Crippen molar-refractivity contribution in [1.82, 2.24) is 4.57 Å². The highest BCUT2D eigenvalue weighted by Crippen LogP contribution is 2.14. The number of anilines is 1. The zero-order chi connectivity index (χ0) is 11.7. The first-order valence-electron chi connectivity index (χ1n) is 4.82. The Kier molecular flexibility index (Phi) is 2.83. The maximum Gasteiger partial charge on any atom is 0.278 e. The van der Waals surface area contributed by atoms with Crippen molar-refractivity contribution in [2.75, 3.05) is 5.73 Å². The first kappa shape index (κ1) is 11.0. The van der Waals surface area contributed by atoms with Gasteiger partial charge in [-0.25, -0.2) is 0 Å². The van der Waals surface area contributed by atoms with Crippen LogP contribution in [0.25, 0.3) is 5.69 Å². The summed E-state index contributed by atoms with van der Waals surface area (Å²) in [6, 6.07) is 9.30. The number of aromatic nitrogens is 1. The van der Waals surface area contributed by atoms with Crippen molar-refractivity contribution in [3.8, 4) is 5.69 Å². The van der Waals surface area contributed by atoms with Gasteiger partial charge in [0.1, 0.15) is 0 Å². The van der Waals surface area contributed by atoms with Gasteiger partial charge in [-0.15, -0.1) is 0 Å². The van der Waals surface area contributed by atoms with Crippen molar-refractivity contribution >= 4 is 21.6 Å². The minimum absolute atomic E-state index is 0.202. The predicted molar refractivity (Wildman–Crippen MR) is 68.9 cm³/mol. The van der Waals surface area contributed by atoms with Crippen LogP contribution in [0, 0.1) is 6.92 Å². The van der Waals surface area contributed by atoms with Crippen molar-refractivity contribution in [1.29, 1.82) is 0 Å². The molecular weight excluding hydrogens is 268 g/mol. The molecule has 0 unspecified atom stereocenters. The third kappa shape index (κ3) is 2.02. The van der Waals surface area contributed by atoms with Gasteiger partial charge in [0, 0.05) is 16.4 Å². The molecule has 0 atom stereocenters. The highest BCUT2D eigenvalue weighted by molar-refractivity contribution is 9.10. The fraction of sp³-hybridized carbons (Fsp3) is 0.0833. The van der Waals surface area contributed by atoms with E-state index in [4.69, 9.17) is 5.73 Å². The van der Waals surface area contributed by atoms with Crippen LogP contribution in [-0.4, -0.2) is 4.57 Å². The zero-order valence-electron chi connectivity index (χ0n) is 8.77. The number of hydrogen-bond donors (Lipinski definition) is 1. The number of halogens is 1. The van der Waals surface area contributed by atoms with Gasteiger partial charge in [0.05, 0.1) is 5.69 Å². The number of aryl methyl sites for hydroxylation is 1. The van der Waals surface area contributed by atoms with Crippen molar-refractivity contribution in [2.45, 2.75) is 6.92 Å². The summed E-state index contributed by atoms with van der Waals surface area (Å²) in [7, 11) is 0. The van der Waals surface area contributed by atoms with E-state index in [2.05, 4.69) is 15.9 Å². The van der Waals surface area contributed by atoms with E-state index < -0.39 is 0 Å². The number of rotatable bonds is 1. The van der Waals surface area contributed by atoms with Crippen molar-refractivity contribution < 1.29 is 0 Å². The molecule has 0 aliphatic carbocycles. The second kappa shape index (κ2) is 4.14. The van der Waals surface area contributed by atoms with Gasteiger partial charge < -0.3 is 5.73 Å². The summed E-state index contributed by atoms with van der Waals surface area (Å²) in [6.07, 6.45) is 1.71. The quantitative estimate of drug-likeness (QED) is 0.871. The third-order valence-corrected chi connectivity index (χ3v) is 2.76. The maximum atomic E-state index is 11.8. The average Bonchev–Trinajstić information content (AvgIpc) is 2.25. The van der Waals surface area contributed by atoms with E-state index in [-0.39, 0.29) is 11.2 Å². The number of nitrogens with two attached hydrogens (primary N) is 1. The molecule has 2 rings (SSSR count). The molecule has 0 aliphatic rings. The zero-order valence-corrected chi connectivity index (χ0v) is 10.4. The SMILES string of the molecule is Cc1ccc(-n2cc(Br)cc(N)c2=O)cc1. The maximum absolute atomic E-state index is 11.8. The van der Waals surface area contributed by atoms with Gasteiger partial charge >= 0.3 is 0 Å². The standard InChI is InChI=1S/C12H11BrN2O/c1-8-2-4-10(5-3-8)15-7-9(13)6-11(14)12(15)16/h2-7H,14H2,1H3. The fourth-order valence-corrected chi connectivity index (χ4v) is 1.92. The van der Waals surface area contributed by atoms with Crippen LogP contribution in [-0.2, 0) is 0 Å². The second-order valence-corrected chi connectivity index (χ2v) is 4.54. The van der Waals surface area contributed by atoms with Gasteiger partial charge in [0.2, 0.25) is 0 Å². The van der Waals surface area contributed by atoms with Crippen LogP contribution < -0.4 is 11.3 Å². The number of hydrogen-bond acceptors (Lipinski definition) is 2. The summed E-state index contributed by atoms with van der Waals surface area (Å²) in [4.78, 5) is 11.8. The first-order chi connectivity index (χ1) is 7.58. The van der Waals surface area contributed by atoms with Crippen LogP contribution in [0.1, 0.15) is 5.56 Å². The van der Waals surface area contributed by atoms with Gasteiger partial charge in [-0.1, -0.05) is 17.7 Å². The average molecular weight is 279 g/mol. The Morgan fingerprint density at radius 1 is 1.25 bits per heavy atom. The molecule has 3 nitrogen and oxygen atoms in total. The van der Waals surface area contributed by atoms with Crippen LogP contribution in [0.5, 0.6) is 0 Å². The normalized spacial score (nSPS) is 10.4. The van der Waals surface area contributed by atoms with Crippen molar-refractivity contribution in [3.63, 3.8) is 0 Å². The summed E-state index contributed by atoms with van der Waals surface area (Å²) in [5.41, 5.74) is 7.62. The second-order valence-electron chi connectivity index (χ2n) is 3.62. The van der Waals surface area contributed by atoms with E-state index in [1.807, 2.05) is 31.2 Å². The Balaban J connectivity index is 2.64. The van der Waals surface area contributed by atoms with Gasteiger partial charge in [-0.2, -0.15) is 0 Å². The number of benzene rings is 1. The molecule has 1 aromatic heterocycles. The van der Waals surface area contributed by atoms with Crippen molar-refractivity contribution in [2.24, 2.45) is 0 Å². The molecule has 16 heavy (non-hydrogen) atoms. The minimum Gasteiger partial charge on any atom is -0.394 e. The lowest BCUT2D eigenvalue weighted by Gasteiger charge is -2.07. The molecule has 0 fully saturated rings. The van der Waals surface area contributed by atoms with Gasteiger partial charge in [0.15, 0.2) is 0 Å². The lowest BCUT2D eigenvalue weighted by atomic mass is 10.2. The molecule has 0 saturated heterocycles. The van der Waals surface area contributed by atoms with E-state index in [0.717, 1.165) is 15.7 Å². The summed E-state index contributed by atoms with van der Waals surface area (Å²) >= 11 is 3.32. The van der Waals surface area contributed by atoms with Gasteiger partial charge in [0.25, 0.3) is 5.56 Å². The summed E-state index contributed by atoms with van der Waals surface area (Å²) in [5, 5.41) is 0. The third-order valence-electron chi connectivity index (χ3n) is 2.32. The molecule has 82 valence electrons. The summed E-state index contributed by atoms with van der Waals surface area (Å²) < 4.78 is 2.31. The summed E-state index contributed by atoms with van der Waals surface area (Å²) in [6.45, 7) is 2.00.